The fraction of sp³-hybridized carbons (Fsp3) is 0.300. The predicted octanol–water partition coefficient (Wildman–Crippen LogP) is 5.56. The smallest absolute Gasteiger partial charge is 0.00349 e. The third-order valence-electron chi connectivity index (χ3n) is 4.80. The van der Waals surface area contributed by atoms with Gasteiger partial charge in [0.1, 0.15) is 0 Å². The van der Waals surface area contributed by atoms with E-state index in [1.807, 2.05) is 0 Å². The zero-order chi connectivity index (χ0) is 14.2. The molecule has 0 radical (unpaired) electrons. The van der Waals surface area contributed by atoms with Crippen molar-refractivity contribution in [3.05, 3.63) is 71.8 Å². The van der Waals surface area contributed by atoms with Crippen LogP contribution in [0, 0.1) is 12.8 Å². The van der Waals surface area contributed by atoms with Gasteiger partial charge in [-0.1, -0.05) is 74.5 Å². The average Bonchev–Trinajstić information content (AvgIpc) is 2.48. The molecule has 1 aliphatic carbocycles. The van der Waals surface area contributed by atoms with Gasteiger partial charge in [0.15, 0.2) is 0 Å². The van der Waals surface area contributed by atoms with E-state index in [1.54, 1.807) is 0 Å². The summed E-state index contributed by atoms with van der Waals surface area (Å²) >= 11 is 0. The molecule has 0 amide bonds. The Morgan fingerprint density at radius 1 is 1.00 bits per heavy atom. The maximum absolute atomic E-state index is 2.37. The maximum Gasteiger partial charge on any atom is -0.00349 e. The number of fused-ring (bicyclic) bond motifs is 1. The first-order valence-electron chi connectivity index (χ1n) is 7.43. The van der Waals surface area contributed by atoms with Crippen LogP contribution in [0.1, 0.15) is 31.4 Å². The summed E-state index contributed by atoms with van der Waals surface area (Å²) in [5.74, 6) is 0.576. The highest BCUT2D eigenvalue weighted by Crippen LogP contribution is 2.39. The SMILES string of the molecule is Cc1c(C(C)(C)C2C=CC=CC2)ccc2ccccc12. The largest absolute Gasteiger partial charge is 0.0839 e. The van der Waals surface area contributed by atoms with Crippen LogP contribution in [0.25, 0.3) is 10.8 Å². The van der Waals surface area contributed by atoms with Crippen LogP contribution in [0.15, 0.2) is 60.7 Å². The third kappa shape index (κ3) is 2.10. The van der Waals surface area contributed by atoms with Gasteiger partial charge in [0.05, 0.1) is 0 Å². The lowest BCUT2D eigenvalue weighted by atomic mass is 9.69. The highest BCUT2D eigenvalue weighted by molar-refractivity contribution is 5.86. The Kier molecular flexibility index (Phi) is 3.25. The van der Waals surface area contributed by atoms with E-state index in [9.17, 15) is 0 Å². The number of allylic oxidation sites excluding steroid dienone is 4. The molecule has 1 aliphatic rings. The molecule has 0 nitrogen and oxygen atoms in total. The summed E-state index contributed by atoms with van der Waals surface area (Å²) in [7, 11) is 0. The zero-order valence-electron chi connectivity index (χ0n) is 12.6. The molecule has 102 valence electrons. The van der Waals surface area contributed by atoms with Crippen molar-refractivity contribution in [2.45, 2.75) is 32.6 Å². The summed E-state index contributed by atoms with van der Waals surface area (Å²) in [6.07, 6.45) is 10.1. The molecule has 2 aromatic carbocycles. The van der Waals surface area contributed by atoms with Gasteiger partial charge >= 0.3 is 0 Å². The minimum Gasteiger partial charge on any atom is -0.0839 e. The molecule has 2 aromatic rings. The van der Waals surface area contributed by atoms with E-state index in [4.69, 9.17) is 0 Å². The van der Waals surface area contributed by atoms with Crippen LogP contribution in [-0.4, -0.2) is 0 Å². The van der Waals surface area contributed by atoms with Crippen molar-refractivity contribution in [3.63, 3.8) is 0 Å². The Morgan fingerprint density at radius 3 is 2.55 bits per heavy atom. The standard InChI is InChI=1S/C20H22/c1-15-18-12-8-7-9-16(18)13-14-19(15)20(2,3)17-10-5-4-6-11-17/h4-10,12-14,17H,11H2,1-3H3. The third-order valence-corrected chi connectivity index (χ3v) is 4.80. The van der Waals surface area contributed by atoms with Crippen LogP contribution in [-0.2, 0) is 5.41 Å². The zero-order valence-corrected chi connectivity index (χ0v) is 12.6. The predicted molar refractivity (Wildman–Crippen MR) is 88.1 cm³/mol. The van der Waals surface area contributed by atoms with Crippen molar-refractivity contribution in [2.24, 2.45) is 5.92 Å². The second-order valence-electron chi connectivity index (χ2n) is 6.34. The van der Waals surface area contributed by atoms with Crippen LogP contribution in [0.2, 0.25) is 0 Å². The van der Waals surface area contributed by atoms with Crippen LogP contribution in [0.3, 0.4) is 0 Å². The number of benzene rings is 2. The van der Waals surface area contributed by atoms with E-state index in [-0.39, 0.29) is 5.41 Å². The number of hydrogen-bond acceptors (Lipinski definition) is 0. The summed E-state index contributed by atoms with van der Waals surface area (Å²) in [5.41, 5.74) is 3.06. The molecule has 0 aromatic heterocycles. The van der Waals surface area contributed by atoms with Gasteiger partial charge in [-0.2, -0.15) is 0 Å². The van der Waals surface area contributed by atoms with Crippen LogP contribution in [0.5, 0.6) is 0 Å². The fourth-order valence-electron chi connectivity index (χ4n) is 3.44. The van der Waals surface area contributed by atoms with Gasteiger partial charge in [0.2, 0.25) is 0 Å². The van der Waals surface area contributed by atoms with E-state index in [1.165, 1.54) is 21.9 Å². The molecule has 0 N–H and O–H groups in total. The highest BCUT2D eigenvalue weighted by Gasteiger charge is 2.30. The Morgan fingerprint density at radius 2 is 1.80 bits per heavy atom. The van der Waals surface area contributed by atoms with Crippen molar-refractivity contribution in [2.75, 3.05) is 0 Å². The van der Waals surface area contributed by atoms with Gasteiger partial charge in [0.25, 0.3) is 0 Å². The molecule has 0 heterocycles. The molecule has 20 heavy (non-hydrogen) atoms. The maximum atomic E-state index is 2.37. The first-order valence-corrected chi connectivity index (χ1v) is 7.43. The van der Waals surface area contributed by atoms with Crippen molar-refractivity contribution >= 4 is 10.8 Å². The lowest BCUT2D eigenvalue weighted by molar-refractivity contribution is 0.381. The van der Waals surface area contributed by atoms with Crippen molar-refractivity contribution in [1.82, 2.24) is 0 Å². The van der Waals surface area contributed by atoms with Crippen LogP contribution >= 0.6 is 0 Å². The molecule has 0 aliphatic heterocycles. The molecule has 1 unspecified atom stereocenters. The molecular formula is C20H22. The minimum absolute atomic E-state index is 0.162. The summed E-state index contributed by atoms with van der Waals surface area (Å²) in [5, 5.41) is 2.72. The van der Waals surface area contributed by atoms with E-state index in [2.05, 4.69) is 81.5 Å². The molecule has 0 bridgehead atoms. The van der Waals surface area contributed by atoms with Gasteiger partial charge in [-0.15, -0.1) is 0 Å². The Hall–Kier alpha value is -1.82. The van der Waals surface area contributed by atoms with Gasteiger partial charge in [-0.25, -0.2) is 0 Å². The molecule has 0 saturated heterocycles. The molecule has 0 saturated carbocycles. The Balaban J connectivity index is 2.11. The quantitative estimate of drug-likeness (QED) is 0.665. The molecular weight excluding hydrogens is 240 g/mol. The van der Waals surface area contributed by atoms with Crippen molar-refractivity contribution in [1.29, 1.82) is 0 Å². The molecule has 0 spiro atoms. The van der Waals surface area contributed by atoms with Gasteiger partial charge in [-0.05, 0) is 46.6 Å². The van der Waals surface area contributed by atoms with Gasteiger partial charge in [-0.3, -0.25) is 0 Å². The van der Waals surface area contributed by atoms with Crippen LogP contribution in [0.4, 0.5) is 0 Å². The van der Waals surface area contributed by atoms with Crippen molar-refractivity contribution < 1.29 is 0 Å². The first kappa shape index (κ1) is 13.2. The fourth-order valence-corrected chi connectivity index (χ4v) is 3.44. The summed E-state index contributed by atoms with van der Waals surface area (Å²) in [6.45, 7) is 7.01. The molecule has 3 rings (SSSR count). The number of rotatable bonds is 2. The molecule has 1 atom stereocenters. The van der Waals surface area contributed by atoms with E-state index in [0.29, 0.717) is 5.92 Å². The Bertz CT molecular complexity index is 686. The summed E-state index contributed by atoms with van der Waals surface area (Å²) < 4.78 is 0. The van der Waals surface area contributed by atoms with E-state index >= 15 is 0 Å². The van der Waals surface area contributed by atoms with Crippen LogP contribution < -0.4 is 0 Å². The van der Waals surface area contributed by atoms with Crippen molar-refractivity contribution in [3.8, 4) is 0 Å². The second kappa shape index (κ2) is 4.94. The van der Waals surface area contributed by atoms with E-state index in [0.717, 1.165) is 6.42 Å². The Labute approximate surface area is 121 Å². The number of aryl methyl sites for hydroxylation is 1. The lowest BCUT2D eigenvalue weighted by Gasteiger charge is -2.35. The topological polar surface area (TPSA) is 0 Å². The normalized spacial score (nSPS) is 18.6. The summed E-state index contributed by atoms with van der Waals surface area (Å²) in [4.78, 5) is 0. The monoisotopic (exact) mass is 262 g/mol. The average molecular weight is 262 g/mol. The number of hydrogen-bond donors (Lipinski definition) is 0. The summed E-state index contributed by atoms with van der Waals surface area (Å²) in [6, 6.07) is 13.3. The second-order valence-corrected chi connectivity index (χ2v) is 6.34. The molecule has 0 fully saturated rings. The molecule has 0 heteroatoms. The van der Waals surface area contributed by atoms with Gasteiger partial charge < -0.3 is 0 Å². The van der Waals surface area contributed by atoms with E-state index < -0.39 is 0 Å². The van der Waals surface area contributed by atoms with Gasteiger partial charge in [0, 0.05) is 0 Å². The minimum atomic E-state index is 0.162. The lowest BCUT2D eigenvalue weighted by Crippen LogP contribution is -2.28. The highest BCUT2D eigenvalue weighted by atomic mass is 14.3. The first-order chi connectivity index (χ1) is 9.60.